The van der Waals surface area contributed by atoms with Crippen LogP contribution in [0.5, 0.6) is 0 Å². The summed E-state index contributed by atoms with van der Waals surface area (Å²) in [6, 6.07) is 11.2. The van der Waals surface area contributed by atoms with Gasteiger partial charge in [0.25, 0.3) is 0 Å². The summed E-state index contributed by atoms with van der Waals surface area (Å²) in [5.41, 5.74) is 1.41. The van der Waals surface area contributed by atoms with Crippen LogP contribution in [0.2, 0.25) is 10.0 Å². The van der Waals surface area contributed by atoms with E-state index in [4.69, 9.17) is 23.2 Å². The first-order valence-corrected chi connectivity index (χ1v) is 12.0. The van der Waals surface area contributed by atoms with Crippen LogP contribution in [-0.4, -0.2) is 51.6 Å². The molecule has 3 unspecified atom stereocenters. The second kappa shape index (κ2) is 8.16. The predicted molar refractivity (Wildman–Crippen MR) is 126 cm³/mol. The average Bonchev–Trinajstić information content (AvgIpc) is 2.85. The van der Waals surface area contributed by atoms with E-state index in [1.807, 2.05) is 57.2 Å². The second-order valence-electron chi connectivity index (χ2n) is 9.30. The van der Waals surface area contributed by atoms with E-state index in [0.29, 0.717) is 29.4 Å². The molecular weight excluding hydrogens is 455 g/mol. The Balaban J connectivity index is 1.80. The van der Waals surface area contributed by atoms with E-state index < -0.39 is 17.7 Å². The third kappa shape index (κ3) is 3.93. The van der Waals surface area contributed by atoms with Gasteiger partial charge >= 0.3 is 6.09 Å². The van der Waals surface area contributed by atoms with E-state index in [-0.39, 0.29) is 17.1 Å². The maximum atomic E-state index is 12.4. The monoisotopic (exact) mass is 481 g/mol. The van der Waals surface area contributed by atoms with Crippen LogP contribution in [0.3, 0.4) is 0 Å². The van der Waals surface area contributed by atoms with Gasteiger partial charge in [0.15, 0.2) is 0 Å². The maximum Gasteiger partial charge on any atom is 0.514 e. The summed E-state index contributed by atoms with van der Waals surface area (Å²) in [5, 5.41) is 22.9. The van der Waals surface area contributed by atoms with Gasteiger partial charge in [-0.2, -0.15) is 4.79 Å². The van der Waals surface area contributed by atoms with Crippen LogP contribution in [0, 0.1) is 0 Å². The molecule has 0 aromatic heterocycles. The Labute approximate surface area is 197 Å². The molecule has 2 aromatic carbocycles. The van der Waals surface area contributed by atoms with Gasteiger partial charge in [0, 0.05) is 19.8 Å². The highest BCUT2D eigenvalue weighted by molar-refractivity contribution is 7.99. The SMILES string of the molecule is CC(C)(C)[N+]1(C(=O)O)CCCC(N2c3ccc(Cl)cc3Sc3cc(Cl)ccc32)C(O)C1. The molecule has 2 N–H and O–H groups in total. The number of quaternary nitrogens is 1. The predicted octanol–water partition coefficient (Wildman–Crippen LogP) is 6.41. The molecule has 0 aliphatic carbocycles. The number of likely N-dealkylation sites (tertiary alicyclic amines) is 1. The second-order valence-corrected chi connectivity index (χ2v) is 11.3. The Bertz CT molecular complexity index is 975. The number of anilines is 2. The van der Waals surface area contributed by atoms with Gasteiger partial charge < -0.3 is 15.1 Å². The van der Waals surface area contributed by atoms with Crippen LogP contribution in [0.4, 0.5) is 16.2 Å². The number of fused-ring (bicyclic) bond motifs is 2. The van der Waals surface area contributed by atoms with Crippen molar-refractivity contribution in [2.75, 3.05) is 18.0 Å². The van der Waals surface area contributed by atoms with Crippen LogP contribution in [0.15, 0.2) is 46.2 Å². The maximum absolute atomic E-state index is 12.4. The first-order valence-electron chi connectivity index (χ1n) is 10.4. The van der Waals surface area contributed by atoms with Crippen molar-refractivity contribution in [1.29, 1.82) is 0 Å². The minimum atomic E-state index is -0.888. The van der Waals surface area contributed by atoms with Crippen molar-refractivity contribution in [2.24, 2.45) is 0 Å². The van der Waals surface area contributed by atoms with Crippen LogP contribution in [0.1, 0.15) is 33.6 Å². The molecular formula is C23H27Cl2N2O3S+. The third-order valence-corrected chi connectivity index (χ3v) is 8.11. The number of rotatable bonds is 1. The van der Waals surface area contributed by atoms with Crippen LogP contribution in [0.25, 0.3) is 0 Å². The number of hydrogen-bond donors (Lipinski definition) is 2. The number of aliphatic hydroxyl groups is 1. The molecule has 4 rings (SSSR count). The molecule has 166 valence electrons. The third-order valence-electron chi connectivity index (χ3n) is 6.55. The number of halogens is 2. The van der Waals surface area contributed by atoms with Crippen molar-refractivity contribution in [3.8, 4) is 0 Å². The first kappa shape index (κ1) is 22.7. The number of aliphatic hydroxyl groups excluding tert-OH is 1. The molecule has 0 bridgehead atoms. The summed E-state index contributed by atoms with van der Waals surface area (Å²) in [6.45, 7) is 6.43. The number of carboxylic acid groups (broad SMARTS) is 1. The standard InChI is InChI=1S/C23H26Cl2N2O3S/c1-23(2,3)27(22(29)30)10-4-5-16(19(28)13-27)26-17-8-6-14(24)11-20(17)31-21-12-15(25)7-9-18(21)26/h6-9,11-12,16,19,28H,4-5,10,13H2,1-3H3/p+1. The Morgan fingerprint density at radius 2 is 1.65 bits per heavy atom. The summed E-state index contributed by atoms with van der Waals surface area (Å²) in [6.07, 6.45) is -0.339. The minimum Gasteiger partial charge on any atom is -0.435 e. The zero-order valence-electron chi connectivity index (χ0n) is 17.8. The quantitative estimate of drug-likeness (QED) is 0.460. The molecule has 1 fully saturated rings. The van der Waals surface area contributed by atoms with Crippen molar-refractivity contribution in [3.63, 3.8) is 0 Å². The topological polar surface area (TPSA) is 60.8 Å². The number of nitrogens with zero attached hydrogens (tertiary/aromatic N) is 2. The Kier molecular flexibility index (Phi) is 5.99. The fraction of sp³-hybridized carbons (Fsp3) is 0.435. The molecule has 0 spiro atoms. The Morgan fingerprint density at radius 1 is 1.10 bits per heavy atom. The molecule has 2 heterocycles. The smallest absolute Gasteiger partial charge is 0.435 e. The van der Waals surface area contributed by atoms with Gasteiger partial charge in [0.2, 0.25) is 0 Å². The normalized spacial score (nSPS) is 26.1. The van der Waals surface area contributed by atoms with E-state index in [2.05, 4.69) is 4.90 Å². The number of carbonyl (C=O) groups is 1. The largest absolute Gasteiger partial charge is 0.514 e. The van der Waals surface area contributed by atoms with Crippen LogP contribution < -0.4 is 4.90 Å². The van der Waals surface area contributed by atoms with Crippen LogP contribution in [-0.2, 0) is 0 Å². The fourth-order valence-corrected chi connectivity index (χ4v) is 6.43. The lowest BCUT2D eigenvalue weighted by Gasteiger charge is -2.45. The van der Waals surface area contributed by atoms with Gasteiger partial charge in [0.1, 0.15) is 18.2 Å². The summed E-state index contributed by atoms with van der Waals surface area (Å²) in [7, 11) is 0. The molecule has 8 heteroatoms. The summed E-state index contributed by atoms with van der Waals surface area (Å²) in [4.78, 5) is 16.5. The molecule has 2 aliphatic heterocycles. The highest BCUT2D eigenvalue weighted by Gasteiger charge is 2.52. The summed E-state index contributed by atoms with van der Waals surface area (Å²) >= 11 is 14.1. The van der Waals surface area contributed by atoms with Gasteiger partial charge in [-0.15, -0.1) is 0 Å². The highest BCUT2D eigenvalue weighted by Crippen LogP contribution is 2.51. The molecule has 31 heavy (non-hydrogen) atoms. The molecule has 2 aliphatic rings. The van der Waals surface area contributed by atoms with Gasteiger partial charge in [-0.05, 0) is 70.0 Å². The molecule has 5 nitrogen and oxygen atoms in total. The first-order chi connectivity index (χ1) is 14.5. The number of amides is 1. The van der Waals surface area contributed by atoms with Crippen molar-refractivity contribution < 1.29 is 19.5 Å². The molecule has 0 saturated carbocycles. The lowest BCUT2D eigenvalue weighted by molar-refractivity contribution is -0.905. The Hall–Kier alpha value is -1.44. The zero-order valence-corrected chi connectivity index (χ0v) is 20.1. The van der Waals surface area contributed by atoms with Crippen LogP contribution >= 0.6 is 35.0 Å². The van der Waals surface area contributed by atoms with E-state index >= 15 is 0 Å². The zero-order chi connectivity index (χ0) is 22.6. The molecule has 3 atom stereocenters. The fourth-order valence-electron chi connectivity index (χ4n) is 4.81. The average molecular weight is 482 g/mol. The molecule has 1 amide bonds. The summed E-state index contributed by atoms with van der Waals surface area (Å²) < 4.78 is -0.159. The van der Waals surface area contributed by atoms with Gasteiger partial charge in [-0.1, -0.05) is 35.0 Å². The molecule has 1 saturated heterocycles. The van der Waals surface area contributed by atoms with Crippen molar-refractivity contribution in [3.05, 3.63) is 46.4 Å². The van der Waals surface area contributed by atoms with Gasteiger partial charge in [-0.3, -0.25) is 0 Å². The summed E-state index contributed by atoms with van der Waals surface area (Å²) in [5.74, 6) is 0. The van der Waals surface area contributed by atoms with Gasteiger partial charge in [-0.25, -0.2) is 4.48 Å². The van der Waals surface area contributed by atoms with E-state index in [1.54, 1.807) is 11.8 Å². The molecule has 0 radical (unpaired) electrons. The lowest BCUT2D eigenvalue weighted by atomic mass is 9.99. The van der Waals surface area contributed by atoms with E-state index in [1.165, 1.54) is 0 Å². The minimum absolute atomic E-state index is 0.152. The van der Waals surface area contributed by atoms with Crippen molar-refractivity contribution in [1.82, 2.24) is 0 Å². The number of hydrogen-bond acceptors (Lipinski definition) is 4. The van der Waals surface area contributed by atoms with Crippen molar-refractivity contribution in [2.45, 2.75) is 61.1 Å². The van der Waals surface area contributed by atoms with E-state index in [0.717, 1.165) is 21.2 Å². The van der Waals surface area contributed by atoms with Crippen molar-refractivity contribution >= 4 is 52.4 Å². The Morgan fingerprint density at radius 3 is 2.13 bits per heavy atom. The highest BCUT2D eigenvalue weighted by atomic mass is 35.5. The van der Waals surface area contributed by atoms with E-state index in [9.17, 15) is 15.0 Å². The van der Waals surface area contributed by atoms with Gasteiger partial charge in [0.05, 0.1) is 24.0 Å². The molecule has 2 aromatic rings. The lowest BCUT2D eigenvalue weighted by Crippen LogP contribution is -2.66. The number of benzene rings is 2.